The molecule has 13 heavy (non-hydrogen) atoms. The summed E-state index contributed by atoms with van der Waals surface area (Å²) in [5.41, 5.74) is 7.41. The van der Waals surface area contributed by atoms with Gasteiger partial charge in [0.25, 0.3) is 0 Å². The molecule has 1 aromatic rings. The van der Waals surface area contributed by atoms with Crippen LogP contribution in [0.15, 0.2) is 24.5 Å². The number of hydrogen-bond donors (Lipinski definition) is 1. The van der Waals surface area contributed by atoms with E-state index >= 15 is 0 Å². The van der Waals surface area contributed by atoms with E-state index < -0.39 is 0 Å². The molecular weight excluding hydrogens is 160 g/mol. The van der Waals surface area contributed by atoms with Crippen molar-refractivity contribution in [1.82, 2.24) is 4.98 Å². The molecule has 1 aliphatic rings. The monoisotopic (exact) mass is 176 g/mol. The van der Waals surface area contributed by atoms with Gasteiger partial charge in [-0.2, -0.15) is 0 Å². The second kappa shape index (κ2) is 3.88. The van der Waals surface area contributed by atoms with Gasteiger partial charge in [-0.15, -0.1) is 0 Å². The lowest BCUT2D eigenvalue weighted by Gasteiger charge is -2.18. The maximum absolute atomic E-state index is 6.17. The van der Waals surface area contributed by atoms with Crippen molar-refractivity contribution in [3.05, 3.63) is 30.1 Å². The molecule has 1 heterocycles. The fourth-order valence-electron chi connectivity index (χ4n) is 2.17. The highest BCUT2D eigenvalue weighted by atomic mass is 14.7. The average molecular weight is 176 g/mol. The Morgan fingerprint density at radius 1 is 1.23 bits per heavy atom. The maximum Gasteiger partial charge on any atom is 0.0324 e. The lowest BCUT2D eigenvalue weighted by molar-refractivity contribution is 0.444. The molecule has 1 atom stereocenters. The fraction of sp³-hybridized carbons (Fsp3) is 0.545. The highest BCUT2D eigenvalue weighted by Gasteiger charge is 2.22. The fourth-order valence-corrected chi connectivity index (χ4v) is 2.17. The minimum Gasteiger partial charge on any atom is -0.324 e. The first-order chi connectivity index (χ1) is 6.38. The molecule has 2 rings (SSSR count). The van der Waals surface area contributed by atoms with E-state index in [1.54, 1.807) is 0 Å². The molecule has 0 unspecified atom stereocenters. The summed E-state index contributed by atoms with van der Waals surface area (Å²) in [5.74, 6) is 0.697. The van der Waals surface area contributed by atoms with E-state index in [0.717, 1.165) is 0 Å². The van der Waals surface area contributed by atoms with E-state index in [2.05, 4.69) is 4.98 Å². The minimum absolute atomic E-state index is 0.227. The summed E-state index contributed by atoms with van der Waals surface area (Å²) in [5, 5.41) is 0. The first-order valence-electron chi connectivity index (χ1n) is 5.03. The predicted molar refractivity (Wildman–Crippen MR) is 53.1 cm³/mol. The summed E-state index contributed by atoms with van der Waals surface area (Å²) < 4.78 is 0. The quantitative estimate of drug-likeness (QED) is 0.750. The highest BCUT2D eigenvalue weighted by Crippen LogP contribution is 2.33. The smallest absolute Gasteiger partial charge is 0.0324 e. The van der Waals surface area contributed by atoms with Crippen molar-refractivity contribution in [2.75, 3.05) is 0 Å². The zero-order valence-corrected chi connectivity index (χ0v) is 7.82. The number of nitrogens with zero attached hydrogens (tertiary/aromatic N) is 1. The average Bonchev–Trinajstić information content (AvgIpc) is 2.71. The predicted octanol–water partition coefficient (Wildman–Crippen LogP) is 2.27. The van der Waals surface area contributed by atoms with Gasteiger partial charge in [0.15, 0.2) is 0 Å². The SMILES string of the molecule is N[C@@H](c1ccncc1)C1CCCC1. The Kier molecular flexibility index (Phi) is 2.60. The van der Waals surface area contributed by atoms with Crippen LogP contribution in [0, 0.1) is 5.92 Å². The van der Waals surface area contributed by atoms with Crippen molar-refractivity contribution in [2.45, 2.75) is 31.7 Å². The van der Waals surface area contributed by atoms with Crippen molar-refractivity contribution in [1.29, 1.82) is 0 Å². The summed E-state index contributed by atoms with van der Waals surface area (Å²) in [4.78, 5) is 4.00. The zero-order valence-electron chi connectivity index (χ0n) is 7.82. The van der Waals surface area contributed by atoms with Crippen LogP contribution in [0.5, 0.6) is 0 Å². The Morgan fingerprint density at radius 2 is 1.85 bits per heavy atom. The highest BCUT2D eigenvalue weighted by molar-refractivity contribution is 5.15. The number of pyridine rings is 1. The van der Waals surface area contributed by atoms with Crippen LogP contribution in [0.4, 0.5) is 0 Å². The molecule has 0 bridgehead atoms. The first kappa shape index (κ1) is 8.70. The summed E-state index contributed by atoms with van der Waals surface area (Å²) in [6.07, 6.45) is 8.94. The van der Waals surface area contributed by atoms with Gasteiger partial charge in [0.1, 0.15) is 0 Å². The standard InChI is InChI=1S/C11H16N2/c12-11(9-3-1-2-4-9)10-5-7-13-8-6-10/h5-9,11H,1-4,12H2/t11-/m1/s1. The third-order valence-corrected chi connectivity index (χ3v) is 3.00. The summed E-state index contributed by atoms with van der Waals surface area (Å²) in [6.45, 7) is 0. The molecule has 1 fully saturated rings. The van der Waals surface area contributed by atoms with Crippen molar-refractivity contribution >= 4 is 0 Å². The normalized spacial score (nSPS) is 20.4. The van der Waals surface area contributed by atoms with E-state index in [0.29, 0.717) is 5.92 Å². The number of rotatable bonds is 2. The molecule has 2 heteroatoms. The van der Waals surface area contributed by atoms with Gasteiger partial charge in [-0.05, 0) is 36.5 Å². The Bertz CT molecular complexity index is 252. The Morgan fingerprint density at radius 3 is 2.46 bits per heavy atom. The number of nitrogens with two attached hydrogens (primary N) is 1. The Labute approximate surface area is 79.2 Å². The van der Waals surface area contributed by atoms with Gasteiger partial charge >= 0.3 is 0 Å². The van der Waals surface area contributed by atoms with Gasteiger partial charge < -0.3 is 5.73 Å². The molecule has 1 aliphatic carbocycles. The third-order valence-electron chi connectivity index (χ3n) is 3.00. The van der Waals surface area contributed by atoms with E-state index in [9.17, 15) is 0 Å². The molecule has 0 spiro atoms. The molecule has 1 aromatic heterocycles. The van der Waals surface area contributed by atoms with Crippen LogP contribution < -0.4 is 5.73 Å². The van der Waals surface area contributed by atoms with Crippen molar-refractivity contribution in [3.8, 4) is 0 Å². The lowest BCUT2D eigenvalue weighted by Crippen LogP contribution is -2.18. The maximum atomic E-state index is 6.17. The van der Waals surface area contributed by atoms with Crippen LogP contribution in [0.3, 0.4) is 0 Å². The van der Waals surface area contributed by atoms with Crippen LogP contribution in [0.1, 0.15) is 37.3 Å². The zero-order chi connectivity index (χ0) is 9.10. The van der Waals surface area contributed by atoms with Crippen LogP contribution >= 0.6 is 0 Å². The molecule has 0 aliphatic heterocycles. The molecule has 1 saturated carbocycles. The van der Waals surface area contributed by atoms with Crippen LogP contribution in [-0.2, 0) is 0 Å². The van der Waals surface area contributed by atoms with Crippen molar-refractivity contribution in [3.63, 3.8) is 0 Å². The van der Waals surface area contributed by atoms with Gasteiger partial charge in [-0.3, -0.25) is 4.98 Å². The Balaban J connectivity index is 2.08. The van der Waals surface area contributed by atoms with E-state index in [-0.39, 0.29) is 6.04 Å². The van der Waals surface area contributed by atoms with Crippen molar-refractivity contribution in [2.24, 2.45) is 11.7 Å². The van der Waals surface area contributed by atoms with Gasteiger partial charge in [0.05, 0.1) is 0 Å². The van der Waals surface area contributed by atoms with Crippen LogP contribution in [0.2, 0.25) is 0 Å². The molecular formula is C11H16N2. The van der Waals surface area contributed by atoms with Gasteiger partial charge in [0.2, 0.25) is 0 Å². The topological polar surface area (TPSA) is 38.9 Å². The summed E-state index contributed by atoms with van der Waals surface area (Å²) in [7, 11) is 0. The molecule has 0 aromatic carbocycles. The van der Waals surface area contributed by atoms with Gasteiger partial charge in [-0.25, -0.2) is 0 Å². The van der Waals surface area contributed by atoms with E-state index in [1.807, 2.05) is 24.5 Å². The Hall–Kier alpha value is -0.890. The molecule has 2 N–H and O–H groups in total. The molecule has 2 nitrogen and oxygen atoms in total. The lowest BCUT2D eigenvalue weighted by atomic mass is 9.93. The van der Waals surface area contributed by atoms with Crippen LogP contribution in [-0.4, -0.2) is 4.98 Å². The second-order valence-electron chi connectivity index (χ2n) is 3.85. The molecule has 0 radical (unpaired) electrons. The van der Waals surface area contributed by atoms with Gasteiger partial charge in [0, 0.05) is 18.4 Å². The number of hydrogen-bond acceptors (Lipinski definition) is 2. The molecule has 0 amide bonds. The van der Waals surface area contributed by atoms with E-state index in [4.69, 9.17) is 5.73 Å². The largest absolute Gasteiger partial charge is 0.324 e. The van der Waals surface area contributed by atoms with E-state index in [1.165, 1.54) is 31.2 Å². The van der Waals surface area contributed by atoms with Crippen molar-refractivity contribution < 1.29 is 0 Å². The molecule has 70 valence electrons. The molecule has 0 saturated heterocycles. The first-order valence-corrected chi connectivity index (χ1v) is 5.03. The van der Waals surface area contributed by atoms with Crippen LogP contribution in [0.25, 0.3) is 0 Å². The number of aromatic nitrogens is 1. The summed E-state index contributed by atoms with van der Waals surface area (Å²) >= 11 is 0. The second-order valence-corrected chi connectivity index (χ2v) is 3.85. The third kappa shape index (κ3) is 1.89. The summed E-state index contributed by atoms with van der Waals surface area (Å²) in [6, 6.07) is 4.29. The van der Waals surface area contributed by atoms with Gasteiger partial charge in [-0.1, -0.05) is 12.8 Å². The minimum atomic E-state index is 0.227.